The van der Waals surface area contributed by atoms with E-state index in [1.807, 2.05) is 42.5 Å². The molecular formula is C18H22ClN5OS. The van der Waals surface area contributed by atoms with Crippen LogP contribution < -0.4 is 10.1 Å². The average Bonchev–Trinajstić information content (AvgIpc) is 3.14. The molecule has 0 saturated heterocycles. The molecule has 0 fully saturated rings. The molecule has 3 aromatic rings. The predicted octanol–water partition coefficient (Wildman–Crippen LogP) is 3.36. The van der Waals surface area contributed by atoms with Crippen LogP contribution in [-0.2, 0) is 6.54 Å². The number of tetrazole rings is 1. The fourth-order valence-electron chi connectivity index (χ4n) is 2.38. The van der Waals surface area contributed by atoms with Gasteiger partial charge in [0.05, 0.1) is 12.8 Å². The van der Waals surface area contributed by atoms with E-state index in [-0.39, 0.29) is 12.4 Å². The monoisotopic (exact) mass is 391 g/mol. The molecule has 138 valence electrons. The number of rotatable bonds is 9. The maximum atomic E-state index is 5.24. The first-order valence-electron chi connectivity index (χ1n) is 8.17. The summed E-state index contributed by atoms with van der Waals surface area (Å²) in [7, 11) is 1.69. The number of hydrogen-bond acceptors (Lipinski definition) is 6. The average molecular weight is 392 g/mol. The smallest absolute Gasteiger partial charge is 0.214 e. The Kier molecular flexibility index (Phi) is 8.40. The number of nitrogens with zero attached hydrogens (tertiary/aromatic N) is 4. The summed E-state index contributed by atoms with van der Waals surface area (Å²) in [5.41, 5.74) is 2.20. The third-order valence-electron chi connectivity index (χ3n) is 3.63. The largest absolute Gasteiger partial charge is 0.497 e. The first-order valence-corrected chi connectivity index (χ1v) is 9.15. The molecule has 0 bridgehead atoms. The fourth-order valence-corrected chi connectivity index (χ4v) is 3.21. The van der Waals surface area contributed by atoms with Crippen LogP contribution in [0.4, 0.5) is 0 Å². The van der Waals surface area contributed by atoms with Crippen molar-refractivity contribution < 1.29 is 4.74 Å². The Morgan fingerprint density at radius 2 is 1.96 bits per heavy atom. The van der Waals surface area contributed by atoms with Crippen LogP contribution in [0.2, 0.25) is 0 Å². The SMILES string of the molecule is COc1cccc(CNCCCSc2nnnn2-c2ccccc2)c1.Cl. The van der Waals surface area contributed by atoms with Gasteiger partial charge in [-0.15, -0.1) is 17.5 Å². The maximum Gasteiger partial charge on any atom is 0.214 e. The standard InChI is InChI=1S/C18H21N5OS.ClH/c1-24-17-10-5-7-15(13-17)14-19-11-6-12-25-18-20-21-22-23(18)16-8-3-2-4-9-16;/h2-5,7-10,13,19H,6,11-12,14H2,1H3;1H. The number of halogens is 1. The lowest BCUT2D eigenvalue weighted by Gasteiger charge is -2.07. The van der Waals surface area contributed by atoms with E-state index in [4.69, 9.17) is 4.74 Å². The summed E-state index contributed by atoms with van der Waals surface area (Å²) in [6, 6.07) is 18.0. The lowest BCUT2D eigenvalue weighted by Crippen LogP contribution is -2.15. The molecule has 0 unspecified atom stereocenters. The highest BCUT2D eigenvalue weighted by atomic mass is 35.5. The summed E-state index contributed by atoms with van der Waals surface area (Å²) in [5.74, 6) is 1.85. The zero-order chi connectivity index (χ0) is 17.3. The Bertz CT molecular complexity index is 784. The number of nitrogens with one attached hydrogen (secondary N) is 1. The summed E-state index contributed by atoms with van der Waals surface area (Å²) in [6.45, 7) is 1.78. The van der Waals surface area contributed by atoms with Gasteiger partial charge in [0.1, 0.15) is 5.75 Å². The molecule has 3 rings (SSSR count). The Morgan fingerprint density at radius 3 is 2.77 bits per heavy atom. The van der Waals surface area contributed by atoms with Crippen LogP contribution in [0.1, 0.15) is 12.0 Å². The summed E-state index contributed by atoms with van der Waals surface area (Å²) in [6.07, 6.45) is 1.04. The quantitative estimate of drug-likeness (QED) is 0.445. The third-order valence-corrected chi connectivity index (χ3v) is 4.64. The van der Waals surface area contributed by atoms with Crippen molar-refractivity contribution in [3.63, 3.8) is 0 Å². The van der Waals surface area contributed by atoms with Crippen molar-refractivity contribution in [2.45, 2.75) is 18.1 Å². The van der Waals surface area contributed by atoms with Crippen molar-refractivity contribution in [3.8, 4) is 11.4 Å². The van der Waals surface area contributed by atoms with Gasteiger partial charge in [0.2, 0.25) is 5.16 Å². The molecule has 0 radical (unpaired) electrons. The van der Waals surface area contributed by atoms with E-state index in [0.29, 0.717) is 0 Å². The second-order valence-corrected chi connectivity index (χ2v) is 6.50. The van der Waals surface area contributed by atoms with Gasteiger partial charge in [-0.3, -0.25) is 0 Å². The normalized spacial score (nSPS) is 10.3. The molecule has 26 heavy (non-hydrogen) atoms. The lowest BCUT2D eigenvalue weighted by atomic mass is 10.2. The van der Waals surface area contributed by atoms with Crippen LogP contribution in [0, 0.1) is 0 Å². The Balaban J connectivity index is 0.00000243. The Labute approximate surface area is 163 Å². The molecule has 6 nitrogen and oxygen atoms in total. The molecule has 1 aromatic heterocycles. The minimum absolute atomic E-state index is 0. The number of benzene rings is 2. The van der Waals surface area contributed by atoms with Crippen molar-refractivity contribution in [3.05, 3.63) is 60.2 Å². The van der Waals surface area contributed by atoms with E-state index in [9.17, 15) is 0 Å². The van der Waals surface area contributed by atoms with Crippen molar-refractivity contribution in [1.82, 2.24) is 25.5 Å². The van der Waals surface area contributed by atoms with Crippen molar-refractivity contribution in [1.29, 1.82) is 0 Å². The zero-order valence-corrected chi connectivity index (χ0v) is 16.2. The summed E-state index contributed by atoms with van der Waals surface area (Å²) in [5, 5.41) is 16.2. The first kappa shape index (κ1) is 20.2. The van der Waals surface area contributed by atoms with Crippen molar-refractivity contribution in [2.75, 3.05) is 19.4 Å². The predicted molar refractivity (Wildman–Crippen MR) is 106 cm³/mol. The van der Waals surface area contributed by atoms with Crippen LogP contribution in [0.3, 0.4) is 0 Å². The van der Waals surface area contributed by atoms with Gasteiger partial charge >= 0.3 is 0 Å². The molecule has 8 heteroatoms. The second kappa shape index (κ2) is 10.8. The molecule has 0 aliphatic rings. The number of hydrogen-bond donors (Lipinski definition) is 1. The minimum Gasteiger partial charge on any atom is -0.497 e. The van der Waals surface area contributed by atoms with Crippen LogP contribution in [0.5, 0.6) is 5.75 Å². The third kappa shape index (κ3) is 5.72. The van der Waals surface area contributed by atoms with Crippen molar-refractivity contribution >= 4 is 24.2 Å². The molecule has 0 aliphatic heterocycles. The van der Waals surface area contributed by atoms with E-state index in [1.165, 1.54) is 5.56 Å². The number of methoxy groups -OCH3 is 1. The topological polar surface area (TPSA) is 64.9 Å². The molecule has 1 N–H and O–H groups in total. The fraction of sp³-hybridized carbons (Fsp3) is 0.278. The van der Waals surface area contributed by atoms with Gasteiger partial charge in [0.15, 0.2) is 0 Å². The summed E-state index contributed by atoms with van der Waals surface area (Å²) < 4.78 is 7.01. The molecule has 0 aliphatic carbocycles. The Hall–Kier alpha value is -2.09. The van der Waals surface area contributed by atoms with Crippen LogP contribution in [-0.4, -0.2) is 39.6 Å². The molecule has 0 saturated carbocycles. The molecule has 0 amide bonds. The van der Waals surface area contributed by atoms with E-state index in [2.05, 4.69) is 33.0 Å². The maximum absolute atomic E-state index is 5.24. The molecule has 1 heterocycles. The van der Waals surface area contributed by atoms with Crippen LogP contribution >= 0.6 is 24.2 Å². The van der Waals surface area contributed by atoms with Crippen LogP contribution in [0.15, 0.2) is 59.8 Å². The zero-order valence-electron chi connectivity index (χ0n) is 14.5. The number of thioether (sulfide) groups is 1. The minimum atomic E-state index is 0. The highest BCUT2D eigenvalue weighted by Crippen LogP contribution is 2.18. The van der Waals surface area contributed by atoms with E-state index in [1.54, 1.807) is 23.6 Å². The number of ether oxygens (including phenoxy) is 1. The van der Waals surface area contributed by atoms with Gasteiger partial charge in [-0.25, -0.2) is 0 Å². The number of aromatic nitrogens is 4. The Morgan fingerprint density at radius 1 is 1.12 bits per heavy atom. The lowest BCUT2D eigenvalue weighted by molar-refractivity contribution is 0.414. The summed E-state index contributed by atoms with van der Waals surface area (Å²) >= 11 is 1.67. The molecule has 0 spiro atoms. The van der Waals surface area contributed by atoms with Crippen LogP contribution in [0.25, 0.3) is 5.69 Å². The highest BCUT2D eigenvalue weighted by Gasteiger charge is 2.07. The van der Waals surface area contributed by atoms with Crippen molar-refractivity contribution in [2.24, 2.45) is 0 Å². The van der Waals surface area contributed by atoms with E-state index in [0.717, 1.165) is 41.9 Å². The molecule has 0 atom stereocenters. The van der Waals surface area contributed by atoms with Gasteiger partial charge in [0.25, 0.3) is 0 Å². The van der Waals surface area contributed by atoms with E-state index >= 15 is 0 Å². The summed E-state index contributed by atoms with van der Waals surface area (Å²) in [4.78, 5) is 0. The van der Waals surface area contributed by atoms with Gasteiger partial charge in [-0.1, -0.05) is 42.1 Å². The first-order chi connectivity index (χ1) is 12.4. The van der Waals surface area contributed by atoms with Gasteiger partial charge in [-0.2, -0.15) is 4.68 Å². The molecule has 2 aromatic carbocycles. The van der Waals surface area contributed by atoms with Gasteiger partial charge in [0, 0.05) is 12.3 Å². The van der Waals surface area contributed by atoms with Gasteiger partial charge in [-0.05, 0) is 53.2 Å². The van der Waals surface area contributed by atoms with Gasteiger partial charge < -0.3 is 10.1 Å². The number of para-hydroxylation sites is 1. The second-order valence-electron chi connectivity index (χ2n) is 5.44. The van der Waals surface area contributed by atoms with E-state index < -0.39 is 0 Å². The molecular weight excluding hydrogens is 370 g/mol. The highest BCUT2D eigenvalue weighted by molar-refractivity contribution is 7.99.